The lowest BCUT2D eigenvalue weighted by atomic mass is 10.1. The smallest absolute Gasteiger partial charge is 0.0732 e. The molecule has 1 aliphatic rings. The van der Waals surface area contributed by atoms with Gasteiger partial charge in [-0.3, -0.25) is 0 Å². The van der Waals surface area contributed by atoms with Crippen molar-refractivity contribution in [2.75, 3.05) is 12.4 Å². The first-order chi connectivity index (χ1) is 9.42. The van der Waals surface area contributed by atoms with E-state index < -0.39 is 0 Å². The molecule has 0 atom stereocenters. The normalized spacial score (nSPS) is 13.8. The van der Waals surface area contributed by atoms with Crippen molar-refractivity contribution in [1.29, 1.82) is 0 Å². The summed E-state index contributed by atoms with van der Waals surface area (Å²) in [5, 5.41) is 0. The molecule has 2 aromatic rings. The van der Waals surface area contributed by atoms with Crippen LogP contribution in [0.5, 0.6) is 0 Å². The fraction of sp³-hybridized carbons (Fsp3) is 0.176. The summed E-state index contributed by atoms with van der Waals surface area (Å²) in [7, 11) is 0. The van der Waals surface area contributed by atoms with Crippen molar-refractivity contribution in [3.05, 3.63) is 71.8 Å². The maximum absolute atomic E-state index is 5.82. The maximum atomic E-state index is 5.82. The van der Waals surface area contributed by atoms with Crippen LogP contribution >= 0.6 is 11.6 Å². The molecule has 96 valence electrons. The summed E-state index contributed by atoms with van der Waals surface area (Å²) < 4.78 is 0. The van der Waals surface area contributed by atoms with Crippen LogP contribution in [0.4, 0.5) is 0 Å². The van der Waals surface area contributed by atoms with Gasteiger partial charge in [0.15, 0.2) is 0 Å². The van der Waals surface area contributed by atoms with Crippen LogP contribution < -0.4 is 0 Å². The maximum Gasteiger partial charge on any atom is 0.0732 e. The van der Waals surface area contributed by atoms with E-state index in [2.05, 4.69) is 65.6 Å². The van der Waals surface area contributed by atoms with E-state index in [1.807, 2.05) is 0 Å². The highest BCUT2D eigenvalue weighted by molar-refractivity contribution is 6.17. The van der Waals surface area contributed by atoms with E-state index in [1.165, 1.54) is 22.5 Å². The monoisotopic (exact) mass is 269 g/mol. The first kappa shape index (κ1) is 12.3. The van der Waals surface area contributed by atoms with Crippen LogP contribution in [0.2, 0.25) is 0 Å². The average Bonchev–Trinajstić information content (AvgIpc) is 3.21. The van der Waals surface area contributed by atoms with Gasteiger partial charge in [-0.25, -0.2) is 0 Å². The van der Waals surface area contributed by atoms with E-state index in [0.29, 0.717) is 5.88 Å². The van der Waals surface area contributed by atoms with E-state index in [9.17, 15) is 0 Å². The number of hydrogen-bond acceptors (Lipinski definition) is 1. The Balaban J connectivity index is 1.91. The van der Waals surface area contributed by atoms with Crippen LogP contribution in [0.25, 0.3) is 11.4 Å². The van der Waals surface area contributed by atoms with Crippen molar-refractivity contribution in [1.82, 2.24) is 4.90 Å². The second-order valence-electron chi connectivity index (χ2n) is 4.62. The molecular weight excluding hydrogens is 254 g/mol. The summed E-state index contributed by atoms with van der Waals surface area (Å²) in [6.07, 6.45) is 1.01. The number of nitrogens with zero attached hydrogens (tertiary/aromatic N) is 1. The minimum atomic E-state index is 0.709. The summed E-state index contributed by atoms with van der Waals surface area (Å²) in [6, 6.07) is 21.1. The number of rotatable bonds is 5. The summed E-state index contributed by atoms with van der Waals surface area (Å²) in [5.41, 5.74) is 5.26. The Morgan fingerprint density at radius 3 is 1.63 bits per heavy atom. The van der Waals surface area contributed by atoms with Gasteiger partial charge < -0.3 is 4.90 Å². The average molecular weight is 270 g/mol. The van der Waals surface area contributed by atoms with Gasteiger partial charge in [0.1, 0.15) is 0 Å². The third kappa shape index (κ3) is 2.52. The van der Waals surface area contributed by atoms with Gasteiger partial charge in [0.2, 0.25) is 0 Å². The van der Waals surface area contributed by atoms with Crippen LogP contribution in [0.1, 0.15) is 17.5 Å². The third-order valence-corrected chi connectivity index (χ3v) is 3.59. The van der Waals surface area contributed by atoms with E-state index in [-0.39, 0.29) is 0 Å². The molecule has 2 heteroatoms. The van der Waals surface area contributed by atoms with E-state index in [4.69, 9.17) is 11.6 Å². The van der Waals surface area contributed by atoms with E-state index in [1.54, 1.807) is 0 Å². The molecular formula is C17H16ClN. The van der Waals surface area contributed by atoms with Gasteiger partial charge in [0, 0.05) is 23.6 Å². The number of alkyl halides is 1. The third-order valence-electron chi connectivity index (χ3n) is 3.32. The number of hydrogen-bond donors (Lipinski definition) is 0. The molecule has 0 radical (unpaired) electrons. The SMILES string of the molecule is ClCCCN1C(c2ccccc2)=C1c1ccccc1. The van der Waals surface area contributed by atoms with Gasteiger partial charge in [-0.2, -0.15) is 0 Å². The number of halogens is 1. The Morgan fingerprint density at radius 2 is 1.21 bits per heavy atom. The second kappa shape index (κ2) is 5.50. The lowest BCUT2D eigenvalue weighted by molar-refractivity contribution is 0.621. The topological polar surface area (TPSA) is 3.01 Å². The Hall–Kier alpha value is -1.73. The van der Waals surface area contributed by atoms with Gasteiger partial charge in [-0.1, -0.05) is 60.7 Å². The first-order valence-electron chi connectivity index (χ1n) is 6.60. The molecule has 3 rings (SSSR count). The summed E-state index contributed by atoms with van der Waals surface area (Å²) in [4.78, 5) is 2.37. The molecule has 19 heavy (non-hydrogen) atoms. The van der Waals surface area contributed by atoms with Crippen molar-refractivity contribution >= 4 is 23.0 Å². The number of benzene rings is 2. The quantitative estimate of drug-likeness (QED) is 0.725. The summed E-state index contributed by atoms with van der Waals surface area (Å²) in [6.45, 7) is 0.998. The highest BCUT2D eigenvalue weighted by Gasteiger charge is 2.34. The zero-order valence-electron chi connectivity index (χ0n) is 10.7. The van der Waals surface area contributed by atoms with Crippen LogP contribution in [0.3, 0.4) is 0 Å². The minimum absolute atomic E-state index is 0.709. The lowest BCUT2D eigenvalue weighted by Crippen LogP contribution is -2.04. The Morgan fingerprint density at radius 1 is 0.737 bits per heavy atom. The van der Waals surface area contributed by atoms with E-state index in [0.717, 1.165) is 13.0 Å². The van der Waals surface area contributed by atoms with Gasteiger partial charge in [0.05, 0.1) is 11.4 Å². The molecule has 0 spiro atoms. The van der Waals surface area contributed by atoms with Crippen molar-refractivity contribution in [2.45, 2.75) is 6.42 Å². The van der Waals surface area contributed by atoms with Gasteiger partial charge in [-0.15, -0.1) is 11.6 Å². The molecule has 2 aromatic carbocycles. The molecule has 1 aliphatic heterocycles. The molecule has 0 saturated heterocycles. The molecule has 0 aliphatic carbocycles. The predicted octanol–water partition coefficient (Wildman–Crippen LogP) is 4.46. The van der Waals surface area contributed by atoms with E-state index >= 15 is 0 Å². The Labute approximate surface area is 119 Å². The minimum Gasteiger partial charge on any atom is -0.337 e. The largest absolute Gasteiger partial charge is 0.337 e. The molecule has 0 saturated carbocycles. The Bertz CT molecular complexity index is 525. The molecule has 1 heterocycles. The van der Waals surface area contributed by atoms with Crippen LogP contribution in [0, 0.1) is 0 Å². The van der Waals surface area contributed by atoms with Crippen LogP contribution in [-0.4, -0.2) is 17.3 Å². The van der Waals surface area contributed by atoms with Crippen molar-refractivity contribution in [3.63, 3.8) is 0 Å². The predicted molar refractivity (Wildman–Crippen MR) is 81.7 cm³/mol. The highest BCUT2D eigenvalue weighted by atomic mass is 35.5. The van der Waals surface area contributed by atoms with Crippen molar-refractivity contribution < 1.29 is 0 Å². The van der Waals surface area contributed by atoms with Gasteiger partial charge >= 0.3 is 0 Å². The lowest BCUT2D eigenvalue weighted by Gasteiger charge is -2.06. The molecule has 0 amide bonds. The molecule has 0 aromatic heterocycles. The van der Waals surface area contributed by atoms with Crippen LogP contribution in [0.15, 0.2) is 60.7 Å². The standard InChI is InChI=1S/C17H16ClN/c18-12-7-13-19-16(14-8-3-1-4-9-14)17(19)15-10-5-2-6-11-15/h1-6,8-11H,7,12-13H2. The van der Waals surface area contributed by atoms with Crippen molar-refractivity contribution in [3.8, 4) is 0 Å². The zero-order chi connectivity index (χ0) is 13.1. The van der Waals surface area contributed by atoms with Crippen molar-refractivity contribution in [2.24, 2.45) is 0 Å². The summed E-state index contributed by atoms with van der Waals surface area (Å²) in [5.74, 6) is 0.709. The Kier molecular flexibility index (Phi) is 3.56. The summed E-state index contributed by atoms with van der Waals surface area (Å²) >= 11 is 5.82. The van der Waals surface area contributed by atoms with Gasteiger partial charge in [0.25, 0.3) is 0 Å². The zero-order valence-corrected chi connectivity index (χ0v) is 11.5. The second-order valence-corrected chi connectivity index (χ2v) is 5.00. The molecule has 0 N–H and O–H groups in total. The fourth-order valence-electron chi connectivity index (χ4n) is 2.42. The fourth-order valence-corrected chi connectivity index (χ4v) is 2.54. The molecule has 0 unspecified atom stereocenters. The first-order valence-corrected chi connectivity index (χ1v) is 7.14. The molecule has 0 bridgehead atoms. The molecule has 1 nitrogen and oxygen atoms in total. The molecule has 0 fully saturated rings. The van der Waals surface area contributed by atoms with Gasteiger partial charge in [-0.05, 0) is 6.42 Å². The van der Waals surface area contributed by atoms with Crippen LogP contribution in [-0.2, 0) is 0 Å². The highest BCUT2D eigenvalue weighted by Crippen LogP contribution is 2.46.